The van der Waals surface area contributed by atoms with Crippen molar-refractivity contribution in [3.8, 4) is 0 Å². The highest BCUT2D eigenvalue weighted by molar-refractivity contribution is 8.00. The summed E-state index contributed by atoms with van der Waals surface area (Å²) in [6.07, 6.45) is 0.964. The number of halogens is 1. The molecule has 3 aromatic heterocycles. The monoisotopic (exact) mass is 449 g/mol. The number of nitrogens with one attached hydrogen (secondary N) is 1. The van der Waals surface area contributed by atoms with Crippen molar-refractivity contribution < 1.29 is 4.42 Å². The largest absolute Gasteiger partial charge is 0.423 e. The molecule has 4 rings (SSSR count). The third-order valence-corrected chi connectivity index (χ3v) is 7.50. The van der Waals surface area contributed by atoms with Crippen LogP contribution < -0.4 is 10.9 Å². The van der Waals surface area contributed by atoms with Crippen molar-refractivity contribution >= 4 is 62.1 Å². The van der Waals surface area contributed by atoms with E-state index in [1.807, 2.05) is 13.0 Å². The average molecular weight is 450 g/mol. The maximum absolute atomic E-state index is 11.9. The normalized spacial score (nSPS) is 11.2. The number of hydrogen-bond donors (Lipinski definition) is 1. The molecule has 0 amide bonds. The SMILES string of the molecule is Cc1cc2oc(=O)cc(CSc3nnc(NCCc4cccs4)s3)c2cc1Cl. The molecule has 28 heavy (non-hydrogen) atoms. The minimum absolute atomic E-state index is 0.363. The quantitative estimate of drug-likeness (QED) is 0.292. The van der Waals surface area contributed by atoms with Crippen LogP contribution in [-0.2, 0) is 12.2 Å². The van der Waals surface area contributed by atoms with Gasteiger partial charge in [0.25, 0.3) is 0 Å². The van der Waals surface area contributed by atoms with Gasteiger partial charge in [0.2, 0.25) is 5.13 Å². The summed E-state index contributed by atoms with van der Waals surface area (Å²) in [5.41, 5.74) is 1.95. The molecule has 144 valence electrons. The number of hydrogen-bond acceptors (Lipinski definition) is 8. The first kappa shape index (κ1) is 19.4. The van der Waals surface area contributed by atoms with Gasteiger partial charge in [-0.25, -0.2) is 4.79 Å². The molecule has 0 bridgehead atoms. The Kier molecular flexibility index (Phi) is 6.01. The molecule has 0 aliphatic rings. The molecule has 5 nitrogen and oxygen atoms in total. The number of nitrogens with zero attached hydrogens (tertiary/aromatic N) is 2. The van der Waals surface area contributed by atoms with E-state index in [1.54, 1.807) is 29.2 Å². The molecule has 9 heteroatoms. The van der Waals surface area contributed by atoms with E-state index in [0.29, 0.717) is 16.4 Å². The highest BCUT2D eigenvalue weighted by atomic mass is 35.5. The topological polar surface area (TPSA) is 68.0 Å². The zero-order chi connectivity index (χ0) is 19.5. The smallest absolute Gasteiger partial charge is 0.336 e. The molecule has 1 aromatic carbocycles. The lowest BCUT2D eigenvalue weighted by Gasteiger charge is -2.06. The van der Waals surface area contributed by atoms with E-state index < -0.39 is 0 Å². The standard InChI is InChI=1S/C19H16ClN3O2S3/c1-11-7-16-14(9-15(11)20)12(8-17(24)25-16)10-27-19-23-22-18(28-19)21-5-4-13-3-2-6-26-13/h2-3,6-9H,4-5,10H2,1H3,(H,21,22). The maximum atomic E-state index is 11.9. The molecule has 0 atom stereocenters. The number of fused-ring (bicyclic) bond motifs is 1. The highest BCUT2D eigenvalue weighted by Gasteiger charge is 2.11. The van der Waals surface area contributed by atoms with Crippen LogP contribution in [0.1, 0.15) is 16.0 Å². The summed E-state index contributed by atoms with van der Waals surface area (Å²) in [7, 11) is 0. The molecule has 1 N–H and O–H groups in total. The molecule has 0 fully saturated rings. The third kappa shape index (κ3) is 4.57. The second-order valence-electron chi connectivity index (χ2n) is 6.11. The van der Waals surface area contributed by atoms with Crippen LogP contribution in [0.5, 0.6) is 0 Å². The van der Waals surface area contributed by atoms with E-state index in [2.05, 4.69) is 33.0 Å². The second-order valence-corrected chi connectivity index (χ2v) is 9.75. The van der Waals surface area contributed by atoms with Crippen LogP contribution in [0.2, 0.25) is 5.02 Å². The van der Waals surface area contributed by atoms with Crippen LogP contribution in [0, 0.1) is 6.92 Å². The summed E-state index contributed by atoms with van der Waals surface area (Å²) in [4.78, 5) is 13.2. The number of benzene rings is 1. The Hall–Kier alpha value is -1.87. The number of thiophene rings is 1. The number of aryl methyl sites for hydroxylation is 1. The molecule has 0 spiro atoms. The van der Waals surface area contributed by atoms with Crippen molar-refractivity contribution in [2.75, 3.05) is 11.9 Å². The van der Waals surface area contributed by atoms with Gasteiger partial charge >= 0.3 is 5.63 Å². The van der Waals surface area contributed by atoms with Gasteiger partial charge in [0, 0.05) is 33.6 Å². The molecule has 0 aliphatic heterocycles. The van der Waals surface area contributed by atoms with Crippen LogP contribution >= 0.6 is 46.0 Å². The molecule has 0 saturated carbocycles. The van der Waals surface area contributed by atoms with E-state index in [4.69, 9.17) is 16.0 Å². The summed E-state index contributed by atoms with van der Waals surface area (Å²) in [5.74, 6) is 0.589. The first-order chi connectivity index (χ1) is 13.6. The highest BCUT2D eigenvalue weighted by Crippen LogP contribution is 2.32. The molecule has 3 heterocycles. The van der Waals surface area contributed by atoms with E-state index in [-0.39, 0.29) is 5.63 Å². The van der Waals surface area contributed by atoms with Crippen LogP contribution in [0.3, 0.4) is 0 Å². The van der Waals surface area contributed by atoms with Crippen molar-refractivity contribution in [3.05, 3.63) is 67.2 Å². The molecular formula is C19H16ClN3O2S3. The van der Waals surface area contributed by atoms with Crippen LogP contribution in [0.15, 0.2) is 49.3 Å². The minimum atomic E-state index is -0.363. The van der Waals surface area contributed by atoms with Crippen molar-refractivity contribution in [1.82, 2.24) is 10.2 Å². The van der Waals surface area contributed by atoms with Crippen LogP contribution in [-0.4, -0.2) is 16.7 Å². The van der Waals surface area contributed by atoms with Gasteiger partial charge in [0.05, 0.1) is 0 Å². The predicted molar refractivity (Wildman–Crippen MR) is 118 cm³/mol. The first-order valence-electron chi connectivity index (χ1n) is 8.54. The fourth-order valence-corrected chi connectivity index (χ4v) is 5.34. The Morgan fingerprint density at radius 2 is 2.18 bits per heavy atom. The third-order valence-electron chi connectivity index (χ3n) is 4.09. The Morgan fingerprint density at radius 3 is 3.00 bits per heavy atom. The zero-order valence-corrected chi connectivity index (χ0v) is 18.1. The number of thioether (sulfide) groups is 1. The van der Waals surface area contributed by atoms with Gasteiger partial charge in [-0.15, -0.1) is 21.5 Å². The molecule has 0 radical (unpaired) electrons. The Bertz CT molecular complexity index is 1160. The molecule has 0 saturated heterocycles. The maximum Gasteiger partial charge on any atom is 0.336 e. The van der Waals surface area contributed by atoms with E-state index in [0.717, 1.165) is 38.9 Å². The van der Waals surface area contributed by atoms with Gasteiger partial charge in [-0.3, -0.25) is 0 Å². The summed E-state index contributed by atoms with van der Waals surface area (Å²) in [6, 6.07) is 9.35. The van der Waals surface area contributed by atoms with Gasteiger partial charge in [0.15, 0.2) is 4.34 Å². The first-order valence-corrected chi connectivity index (χ1v) is 11.6. The lowest BCUT2D eigenvalue weighted by atomic mass is 10.1. The van der Waals surface area contributed by atoms with Crippen LogP contribution in [0.25, 0.3) is 11.0 Å². The predicted octanol–water partition coefficient (Wildman–Crippen LogP) is 5.61. The fourth-order valence-electron chi connectivity index (χ4n) is 2.69. The van der Waals surface area contributed by atoms with Crippen molar-refractivity contribution in [2.24, 2.45) is 0 Å². The Balaban J connectivity index is 1.43. The van der Waals surface area contributed by atoms with E-state index in [9.17, 15) is 4.79 Å². The summed E-state index contributed by atoms with van der Waals surface area (Å²) in [5, 5.41) is 16.1. The van der Waals surface area contributed by atoms with Crippen molar-refractivity contribution in [2.45, 2.75) is 23.4 Å². The number of anilines is 1. The molecular weight excluding hydrogens is 434 g/mol. The zero-order valence-electron chi connectivity index (χ0n) is 14.9. The second kappa shape index (κ2) is 8.65. The van der Waals surface area contributed by atoms with Gasteiger partial charge in [0.1, 0.15) is 5.58 Å². The lowest BCUT2D eigenvalue weighted by Crippen LogP contribution is -2.03. The van der Waals surface area contributed by atoms with Crippen LogP contribution in [0.4, 0.5) is 5.13 Å². The molecule has 0 unspecified atom stereocenters. The lowest BCUT2D eigenvalue weighted by molar-refractivity contribution is 0.559. The van der Waals surface area contributed by atoms with Gasteiger partial charge in [-0.05, 0) is 48.1 Å². The van der Waals surface area contributed by atoms with Crippen molar-refractivity contribution in [3.63, 3.8) is 0 Å². The van der Waals surface area contributed by atoms with Gasteiger partial charge in [-0.1, -0.05) is 40.8 Å². The Labute approximate surface area is 178 Å². The average Bonchev–Trinajstić information content (AvgIpc) is 3.33. The van der Waals surface area contributed by atoms with E-state index >= 15 is 0 Å². The van der Waals surface area contributed by atoms with Gasteiger partial charge < -0.3 is 9.73 Å². The summed E-state index contributed by atoms with van der Waals surface area (Å²) >= 11 is 11.1. The molecule has 0 aliphatic carbocycles. The number of rotatable bonds is 7. The number of aromatic nitrogens is 2. The van der Waals surface area contributed by atoms with E-state index in [1.165, 1.54) is 22.3 Å². The molecule has 4 aromatic rings. The summed E-state index contributed by atoms with van der Waals surface area (Å²) < 4.78 is 6.16. The Morgan fingerprint density at radius 1 is 1.29 bits per heavy atom. The van der Waals surface area contributed by atoms with Gasteiger partial charge in [-0.2, -0.15) is 0 Å². The van der Waals surface area contributed by atoms with Crippen molar-refractivity contribution in [1.29, 1.82) is 0 Å². The minimum Gasteiger partial charge on any atom is -0.423 e. The summed E-state index contributed by atoms with van der Waals surface area (Å²) in [6.45, 7) is 2.71. The fraction of sp³-hybridized carbons (Fsp3) is 0.211.